The van der Waals surface area contributed by atoms with Gasteiger partial charge in [-0.3, -0.25) is 9.48 Å². The molecule has 1 heterocycles. The maximum atomic E-state index is 13.3. The van der Waals surface area contributed by atoms with Crippen molar-refractivity contribution < 1.29 is 9.18 Å². The maximum Gasteiger partial charge on any atom is 0.246 e. The Kier molecular flexibility index (Phi) is 3.50. The number of aryl methyl sites for hydroxylation is 2. The molecule has 1 aromatic heterocycles. The minimum atomic E-state index is -0.350. The van der Waals surface area contributed by atoms with Crippen LogP contribution in [0.2, 0.25) is 0 Å². The topological polar surface area (TPSA) is 72.9 Å². The minimum Gasteiger partial charge on any atom is -0.382 e. The zero-order chi connectivity index (χ0) is 14.0. The third kappa shape index (κ3) is 3.09. The molecule has 0 fully saturated rings. The number of anilines is 2. The van der Waals surface area contributed by atoms with Crippen LogP contribution in [-0.2, 0) is 11.3 Å². The van der Waals surface area contributed by atoms with E-state index in [9.17, 15) is 9.18 Å². The largest absolute Gasteiger partial charge is 0.382 e. The predicted molar refractivity (Wildman–Crippen MR) is 71.1 cm³/mol. The molecule has 3 N–H and O–H groups in total. The van der Waals surface area contributed by atoms with Gasteiger partial charge in [-0.05, 0) is 31.5 Å². The molecule has 1 aromatic carbocycles. The van der Waals surface area contributed by atoms with Crippen LogP contribution in [0.1, 0.15) is 11.1 Å². The molecule has 100 valence electrons. The summed E-state index contributed by atoms with van der Waals surface area (Å²) in [4.78, 5) is 11.8. The number of carbonyl (C=O) groups excluding carboxylic acids is 1. The van der Waals surface area contributed by atoms with Gasteiger partial charge in [0.25, 0.3) is 0 Å². The van der Waals surface area contributed by atoms with Crippen LogP contribution in [0.3, 0.4) is 0 Å². The van der Waals surface area contributed by atoms with Crippen molar-refractivity contribution in [3.8, 4) is 0 Å². The third-order valence-corrected chi connectivity index (χ3v) is 2.74. The first-order chi connectivity index (χ1) is 8.95. The molecule has 6 heteroatoms. The van der Waals surface area contributed by atoms with Gasteiger partial charge >= 0.3 is 0 Å². The summed E-state index contributed by atoms with van der Waals surface area (Å²) in [6.45, 7) is 3.51. The monoisotopic (exact) mass is 262 g/mol. The first kappa shape index (κ1) is 13.1. The van der Waals surface area contributed by atoms with E-state index in [0.29, 0.717) is 17.1 Å². The molecule has 0 bridgehead atoms. The van der Waals surface area contributed by atoms with Gasteiger partial charge in [0.1, 0.15) is 18.2 Å². The Bertz CT molecular complexity index is 602. The Labute approximate surface area is 110 Å². The zero-order valence-electron chi connectivity index (χ0n) is 10.8. The molecule has 0 radical (unpaired) electrons. The molecule has 0 saturated heterocycles. The molecule has 0 aliphatic rings. The summed E-state index contributed by atoms with van der Waals surface area (Å²) in [5.41, 5.74) is 7.36. The van der Waals surface area contributed by atoms with Crippen LogP contribution < -0.4 is 11.1 Å². The second-order valence-corrected chi connectivity index (χ2v) is 4.41. The molecule has 0 unspecified atom stereocenters. The second kappa shape index (κ2) is 5.09. The van der Waals surface area contributed by atoms with Crippen molar-refractivity contribution in [2.24, 2.45) is 0 Å². The lowest BCUT2D eigenvalue weighted by Gasteiger charge is -2.06. The normalized spacial score (nSPS) is 10.5. The molecule has 5 nitrogen and oxygen atoms in total. The molecule has 2 aromatic rings. The van der Waals surface area contributed by atoms with Gasteiger partial charge in [-0.15, -0.1) is 0 Å². The summed E-state index contributed by atoms with van der Waals surface area (Å²) < 4.78 is 14.8. The first-order valence-electron chi connectivity index (χ1n) is 5.81. The summed E-state index contributed by atoms with van der Waals surface area (Å²) in [6.07, 6.45) is 1.69. The Hall–Kier alpha value is -2.37. The van der Waals surface area contributed by atoms with E-state index in [4.69, 9.17) is 5.73 Å². The van der Waals surface area contributed by atoms with E-state index in [0.717, 1.165) is 5.56 Å². The third-order valence-electron chi connectivity index (χ3n) is 2.74. The summed E-state index contributed by atoms with van der Waals surface area (Å²) in [6, 6.07) is 4.55. The van der Waals surface area contributed by atoms with Gasteiger partial charge < -0.3 is 11.1 Å². The van der Waals surface area contributed by atoms with Crippen molar-refractivity contribution in [1.82, 2.24) is 9.78 Å². The van der Waals surface area contributed by atoms with Crippen molar-refractivity contribution in [2.75, 3.05) is 11.1 Å². The van der Waals surface area contributed by atoms with Crippen molar-refractivity contribution in [3.05, 3.63) is 41.3 Å². The van der Waals surface area contributed by atoms with E-state index in [1.54, 1.807) is 25.3 Å². The Morgan fingerprint density at radius 3 is 2.74 bits per heavy atom. The van der Waals surface area contributed by atoms with Crippen LogP contribution >= 0.6 is 0 Å². The predicted octanol–water partition coefficient (Wildman–Crippen LogP) is 1.86. The number of rotatable bonds is 3. The van der Waals surface area contributed by atoms with E-state index >= 15 is 0 Å². The fourth-order valence-electron chi connectivity index (χ4n) is 1.64. The van der Waals surface area contributed by atoms with Crippen LogP contribution in [-0.4, -0.2) is 15.7 Å². The number of nitrogens with one attached hydrogen (secondary N) is 1. The van der Waals surface area contributed by atoms with Gasteiger partial charge in [-0.2, -0.15) is 5.10 Å². The number of hydrogen-bond donors (Lipinski definition) is 2. The van der Waals surface area contributed by atoms with Gasteiger partial charge in [0.05, 0.1) is 0 Å². The van der Waals surface area contributed by atoms with Crippen molar-refractivity contribution >= 4 is 17.4 Å². The molecule has 0 atom stereocenters. The van der Waals surface area contributed by atoms with Crippen molar-refractivity contribution in [2.45, 2.75) is 20.4 Å². The molecular weight excluding hydrogens is 247 g/mol. The van der Waals surface area contributed by atoms with Gasteiger partial charge in [0.2, 0.25) is 5.91 Å². The SMILES string of the molecule is Cc1ccc(NC(=O)Cn2cc(C)c(N)n2)cc1F. The molecule has 0 spiro atoms. The van der Waals surface area contributed by atoms with Crippen molar-refractivity contribution in [3.63, 3.8) is 0 Å². The van der Waals surface area contributed by atoms with Gasteiger partial charge in [-0.1, -0.05) is 6.07 Å². The van der Waals surface area contributed by atoms with Gasteiger partial charge in [-0.25, -0.2) is 4.39 Å². The Morgan fingerprint density at radius 1 is 1.42 bits per heavy atom. The lowest BCUT2D eigenvalue weighted by Crippen LogP contribution is -2.19. The zero-order valence-corrected chi connectivity index (χ0v) is 10.8. The average molecular weight is 262 g/mol. The molecule has 0 aliphatic carbocycles. The van der Waals surface area contributed by atoms with Gasteiger partial charge in [0, 0.05) is 17.4 Å². The quantitative estimate of drug-likeness (QED) is 0.886. The first-order valence-corrected chi connectivity index (χ1v) is 5.81. The number of halogens is 1. The summed E-state index contributed by atoms with van der Waals surface area (Å²) in [7, 11) is 0. The number of amides is 1. The van der Waals surface area contributed by atoms with Crippen LogP contribution in [0.5, 0.6) is 0 Å². The van der Waals surface area contributed by atoms with Crippen LogP contribution in [0.4, 0.5) is 15.9 Å². The number of nitrogen functional groups attached to an aromatic ring is 1. The summed E-state index contributed by atoms with van der Waals surface area (Å²) >= 11 is 0. The Morgan fingerprint density at radius 2 is 2.16 bits per heavy atom. The second-order valence-electron chi connectivity index (χ2n) is 4.41. The lowest BCUT2D eigenvalue weighted by molar-refractivity contribution is -0.116. The number of hydrogen-bond acceptors (Lipinski definition) is 3. The highest BCUT2D eigenvalue weighted by atomic mass is 19.1. The molecule has 0 aliphatic heterocycles. The van der Waals surface area contributed by atoms with E-state index in [-0.39, 0.29) is 18.3 Å². The fourth-order valence-corrected chi connectivity index (χ4v) is 1.64. The minimum absolute atomic E-state index is 0.0353. The maximum absolute atomic E-state index is 13.3. The van der Waals surface area contributed by atoms with Crippen molar-refractivity contribution in [1.29, 1.82) is 0 Å². The van der Waals surface area contributed by atoms with Crippen LogP contribution in [0, 0.1) is 19.7 Å². The van der Waals surface area contributed by atoms with Gasteiger partial charge in [0.15, 0.2) is 0 Å². The van der Waals surface area contributed by atoms with E-state index < -0.39 is 0 Å². The number of nitrogens with two attached hydrogens (primary N) is 1. The standard InChI is InChI=1S/C13H15FN4O/c1-8-3-4-10(5-11(8)14)16-12(19)7-18-6-9(2)13(15)17-18/h3-6H,7H2,1-2H3,(H2,15,17)(H,16,19). The van der Waals surface area contributed by atoms with Crippen LogP contribution in [0.15, 0.2) is 24.4 Å². The smallest absolute Gasteiger partial charge is 0.246 e. The summed E-state index contributed by atoms with van der Waals surface area (Å²) in [5.74, 6) is -0.239. The molecule has 1 amide bonds. The average Bonchev–Trinajstić information content (AvgIpc) is 2.63. The fraction of sp³-hybridized carbons (Fsp3) is 0.231. The molecule has 0 saturated carbocycles. The van der Waals surface area contributed by atoms with E-state index in [1.165, 1.54) is 10.7 Å². The number of benzene rings is 1. The molecule has 2 rings (SSSR count). The lowest BCUT2D eigenvalue weighted by atomic mass is 10.2. The number of aromatic nitrogens is 2. The van der Waals surface area contributed by atoms with E-state index in [2.05, 4.69) is 10.4 Å². The number of carbonyl (C=O) groups is 1. The van der Waals surface area contributed by atoms with Crippen LogP contribution in [0.25, 0.3) is 0 Å². The summed E-state index contributed by atoms with van der Waals surface area (Å²) in [5, 5.41) is 6.59. The highest BCUT2D eigenvalue weighted by molar-refractivity contribution is 5.90. The number of nitrogens with zero attached hydrogens (tertiary/aromatic N) is 2. The highest BCUT2D eigenvalue weighted by Gasteiger charge is 2.07. The molecular formula is C13H15FN4O. The Balaban J connectivity index is 2.03. The highest BCUT2D eigenvalue weighted by Crippen LogP contribution is 2.13. The molecule has 19 heavy (non-hydrogen) atoms. The van der Waals surface area contributed by atoms with E-state index in [1.807, 2.05) is 6.92 Å².